The van der Waals surface area contributed by atoms with Gasteiger partial charge < -0.3 is 24.4 Å². The summed E-state index contributed by atoms with van der Waals surface area (Å²) in [6, 6.07) is 14.3. The van der Waals surface area contributed by atoms with Crippen LogP contribution in [-0.2, 0) is 20.6 Å². The highest BCUT2D eigenvalue weighted by atomic mass is 16.8. The minimum atomic E-state index is -0.641. The van der Waals surface area contributed by atoms with Crippen LogP contribution in [0.1, 0.15) is 11.1 Å². The Bertz CT molecular complexity index is 709. The summed E-state index contributed by atoms with van der Waals surface area (Å²) in [6.45, 7) is 1.32. The Hall–Kier alpha value is -2.53. The van der Waals surface area contributed by atoms with Gasteiger partial charge in [-0.25, -0.2) is 0 Å². The molecule has 0 radical (unpaired) electrons. The minimum Gasteiger partial charge on any atom is -0.457 e. The first-order valence-corrected chi connectivity index (χ1v) is 7.16. The summed E-state index contributed by atoms with van der Waals surface area (Å²) in [5.74, 6) is 1.28. The lowest BCUT2D eigenvalue weighted by molar-refractivity contribution is 0.170. The molecular weight excluding hydrogens is 295 g/mol. The summed E-state index contributed by atoms with van der Waals surface area (Å²) in [4.78, 5) is 0. The molecule has 1 heterocycles. The smallest absolute Gasteiger partial charge is 0.457 e. The summed E-state index contributed by atoms with van der Waals surface area (Å²) in [6.07, 6.45) is 0. The molecule has 1 fully saturated rings. The van der Waals surface area contributed by atoms with Crippen LogP contribution in [-0.4, -0.2) is 20.5 Å². The molecule has 0 bridgehead atoms. The lowest BCUT2D eigenvalue weighted by atomic mass is 10.1. The van der Waals surface area contributed by atoms with Gasteiger partial charge in [0, 0.05) is 11.3 Å². The molecule has 3 rings (SSSR count). The maximum atomic E-state index is 8.80. The van der Waals surface area contributed by atoms with Crippen molar-refractivity contribution in [3.05, 3.63) is 53.6 Å². The van der Waals surface area contributed by atoms with E-state index in [0.717, 1.165) is 5.56 Å². The zero-order chi connectivity index (χ0) is 16.1. The van der Waals surface area contributed by atoms with Crippen LogP contribution < -0.4 is 10.5 Å². The molecule has 116 valence electrons. The summed E-state index contributed by atoms with van der Waals surface area (Å²) >= 11 is 0. The molecule has 0 spiro atoms. The van der Waals surface area contributed by atoms with Crippen molar-refractivity contribution in [2.24, 2.45) is 0 Å². The average Bonchev–Trinajstić information content (AvgIpc) is 3.09. The molecule has 0 saturated carbocycles. The summed E-state index contributed by atoms with van der Waals surface area (Å²) in [7, 11) is -0.641. The van der Waals surface area contributed by atoms with E-state index >= 15 is 0 Å². The first-order chi connectivity index (χ1) is 11.2. The van der Waals surface area contributed by atoms with Gasteiger partial charge in [-0.05, 0) is 42.5 Å². The van der Waals surface area contributed by atoms with Gasteiger partial charge in [-0.3, -0.25) is 0 Å². The SMILES string of the molecule is N#Cc1ccc(Oc2ccc(N)c(COB3OCCO3)c2)cc1. The number of nitrogen functional groups attached to an aromatic ring is 1. The molecule has 23 heavy (non-hydrogen) atoms. The van der Waals surface area contributed by atoms with E-state index in [-0.39, 0.29) is 6.61 Å². The third-order valence-electron chi connectivity index (χ3n) is 3.30. The van der Waals surface area contributed by atoms with Crippen molar-refractivity contribution in [1.82, 2.24) is 0 Å². The first kappa shape index (κ1) is 15.4. The Balaban J connectivity index is 1.67. The minimum absolute atomic E-state index is 0.265. The Labute approximate surface area is 134 Å². The third kappa shape index (κ3) is 4.02. The Kier molecular flexibility index (Phi) is 4.78. The molecular formula is C16H15BN2O4. The maximum absolute atomic E-state index is 8.80. The number of benzene rings is 2. The molecule has 0 atom stereocenters. The number of rotatable bonds is 5. The second-order valence-corrected chi connectivity index (χ2v) is 4.94. The van der Waals surface area contributed by atoms with Crippen LogP contribution in [0.5, 0.6) is 11.5 Å². The second-order valence-electron chi connectivity index (χ2n) is 4.94. The molecule has 6 nitrogen and oxygen atoms in total. The number of ether oxygens (including phenoxy) is 1. The van der Waals surface area contributed by atoms with Gasteiger partial charge >= 0.3 is 7.32 Å². The summed E-state index contributed by atoms with van der Waals surface area (Å²) in [5, 5.41) is 8.80. The number of nitrogens with two attached hydrogens (primary N) is 1. The quantitative estimate of drug-likeness (QED) is 0.674. The topological polar surface area (TPSA) is 86.7 Å². The lowest BCUT2D eigenvalue weighted by Crippen LogP contribution is -2.19. The Morgan fingerprint density at radius 3 is 2.48 bits per heavy atom. The molecule has 1 aliphatic rings. The number of nitrogens with zero attached hydrogens (tertiary/aromatic N) is 1. The standard InChI is InChI=1S/C16H15BN2O4/c18-10-12-1-3-14(4-2-12)23-15-5-6-16(19)13(9-15)11-22-17-20-7-8-21-17/h1-6,9H,7-8,11,19H2. The van der Waals surface area contributed by atoms with Crippen LogP contribution in [0, 0.1) is 11.3 Å². The first-order valence-electron chi connectivity index (χ1n) is 7.16. The van der Waals surface area contributed by atoms with E-state index in [1.54, 1.807) is 36.4 Å². The van der Waals surface area contributed by atoms with Crippen LogP contribution in [0.4, 0.5) is 5.69 Å². The predicted octanol–water partition coefficient (Wildman–Crippen LogP) is 2.48. The normalized spacial score (nSPS) is 13.8. The number of nitriles is 1. The Morgan fingerprint density at radius 2 is 1.78 bits per heavy atom. The van der Waals surface area contributed by atoms with Gasteiger partial charge in [-0.1, -0.05) is 0 Å². The zero-order valence-electron chi connectivity index (χ0n) is 12.4. The molecule has 7 heteroatoms. The fourth-order valence-electron chi connectivity index (χ4n) is 2.10. The predicted molar refractivity (Wildman–Crippen MR) is 84.5 cm³/mol. The zero-order valence-corrected chi connectivity index (χ0v) is 12.4. The van der Waals surface area contributed by atoms with Crippen molar-refractivity contribution in [3.63, 3.8) is 0 Å². The van der Waals surface area contributed by atoms with Gasteiger partial charge in [0.2, 0.25) is 0 Å². The van der Waals surface area contributed by atoms with E-state index in [1.807, 2.05) is 6.07 Å². The second kappa shape index (κ2) is 7.16. The molecule has 0 aromatic heterocycles. The van der Waals surface area contributed by atoms with Gasteiger partial charge in [0.15, 0.2) is 0 Å². The molecule has 0 aliphatic carbocycles. The van der Waals surface area contributed by atoms with Crippen molar-refractivity contribution in [2.75, 3.05) is 18.9 Å². The van der Waals surface area contributed by atoms with E-state index in [0.29, 0.717) is 36.0 Å². The highest BCUT2D eigenvalue weighted by molar-refractivity contribution is 6.36. The number of hydrogen-bond acceptors (Lipinski definition) is 6. The van der Waals surface area contributed by atoms with Crippen LogP contribution >= 0.6 is 0 Å². The molecule has 2 aromatic carbocycles. The van der Waals surface area contributed by atoms with Crippen molar-refractivity contribution < 1.29 is 18.7 Å². The van der Waals surface area contributed by atoms with Crippen molar-refractivity contribution in [2.45, 2.75) is 6.61 Å². The van der Waals surface area contributed by atoms with Gasteiger partial charge in [0.05, 0.1) is 31.5 Å². The van der Waals surface area contributed by atoms with Gasteiger partial charge in [0.25, 0.3) is 0 Å². The van der Waals surface area contributed by atoms with Crippen LogP contribution in [0.2, 0.25) is 0 Å². The average molecular weight is 310 g/mol. The number of hydrogen-bond donors (Lipinski definition) is 1. The summed E-state index contributed by atoms with van der Waals surface area (Å²) < 4.78 is 21.7. The lowest BCUT2D eigenvalue weighted by Gasteiger charge is -2.11. The van der Waals surface area contributed by atoms with Crippen LogP contribution in [0.15, 0.2) is 42.5 Å². The van der Waals surface area contributed by atoms with Crippen molar-refractivity contribution in [3.8, 4) is 17.6 Å². The molecule has 0 amide bonds. The van der Waals surface area contributed by atoms with Crippen LogP contribution in [0.3, 0.4) is 0 Å². The molecule has 1 saturated heterocycles. The molecule has 2 aromatic rings. The summed E-state index contributed by atoms with van der Waals surface area (Å²) in [5.41, 5.74) is 7.93. The highest BCUT2D eigenvalue weighted by Gasteiger charge is 2.26. The molecule has 0 unspecified atom stereocenters. The monoisotopic (exact) mass is 310 g/mol. The van der Waals surface area contributed by atoms with E-state index < -0.39 is 7.32 Å². The number of anilines is 1. The fourth-order valence-corrected chi connectivity index (χ4v) is 2.10. The van der Waals surface area contributed by atoms with E-state index in [2.05, 4.69) is 6.07 Å². The third-order valence-corrected chi connectivity index (χ3v) is 3.30. The van der Waals surface area contributed by atoms with Crippen molar-refractivity contribution >= 4 is 13.0 Å². The molecule has 1 aliphatic heterocycles. The van der Waals surface area contributed by atoms with E-state index in [1.165, 1.54) is 0 Å². The van der Waals surface area contributed by atoms with Gasteiger partial charge in [0.1, 0.15) is 11.5 Å². The van der Waals surface area contributed by atoms with Gasteiger partial charge in [-0.15, -0.1) is 0 Å². The Morgan fingerprint density at radius 1 is 1.09 bits per heavy atom. The molecule has 2 N–H and O–H groups in total. The maximum Gasteiger partial charge on any atom is 0.639 e. The van der Waals surface area contributed by atoms with Crippen molar-refractivity contribution in [1.29, 1.82) is 5.26 Å². The highest BCUT2D eigenvalue weighted by Crippen LogP contribution is 2.26. The van der Waals surface area contributed by atoms with Gasteiger partial charge in [-0.2, -0.15) is 5.26 Å². The van der Waals surface area contributed by atoms with E-state index in [9.17, 15) is 0 Å². The van der Waals surface area contributed by atoms with E-state index in [4.69, 9.17) is 29.7 Å². The van der Waals surface area contributed by atoms with Crippen LogP contribution in [0.25, 0.3) is 0 Å². The fraction of sp³-hybridized carbons (Fsp3) is 0.188. The largest absolute Gasteiger partial charge is 0.639 e.